The minimum Gasteiger partial charge on any atom is -0.318 e. The van der Waals surface area contributed by atoms with Gasteiger partial charge in [0.25, 0.3) is 0 Å². The summed E-state index contributed by atoms with van der Waals surface area (Å²) in [6, 6.07) is 11.9. The molecule has 2 amide bonds. The summed E-state index contributed by atoms with van der Waals surface area (Å²) in [4.78, 5) is 25.4. The van der Waals surface area contributed by atoms with Crippen molar-refractivity contribution in [1.29, 1.82) is 0 Å². The molecule has 1 spiro atoms. The number of urea groups is 1. The fourth-order valence-corrected chi connectivity index (χ4v) is 4.29. The highest BCUT2D eigenvalue weighted by Gasteiger charge is 2.51. The van der Waals surface area contributed by atoms with Crippen LogP contribution in [0.3, 0.4) is 0 Å². The van der Waals surface area contributed by atoms with Gasteiger partial charge in [-0.3, -0.25) is 4.90 Å². The fraction of sp³-hybridized carbons (Fsp3) is 0.421. The predicted molar refractivity (Wildman–Crippen MR) is 97.6 cm³/mol. The molecule has 4 rings (SSSR count). The molecule has 1 saturated heterocycles. The lowest BCUT2D eigenvalue weighted by molar-refractivity contribution is 0.215. The zero-order chi connectivity index (χ0) is 17.3. The van der Waals surface area contributed by atoms with Gasteiger partial charge in [-0.2, -0.15) is 0 Å². The first-order valence-corrected chi connectivity index (χ1v) is 9.17. The molecule has 130 valence electrons. The minimum atomic E-state index is -0.179. The van der Waals surface area contributed by atoms with Crippen LogP contribution < -0.4 is 4.90 Å². The highest BCUT2D eigenvalue weighted by Crippen LogP contribution is 2.42. The number of hydrogen-bond donors (Lipinski definition) is 0. The second-order valence-corrected chi connectivity index (χ2v) is 7.27. The Morgan fingerprint density at radius 2 is 1.84 bits per heavy atom. The van der Waals surface area contributed by atoms with E-state index >= 15 is 0 Å². The van der Waals surface area contributed by atoms with E-state index < -0.39 is 0 Å². The third-order valence-electron chi connectivity index (χ3n) is 5.26. The van der Waals surface area contributed by atoms with Gasteiger partial charge in [0.05, 0.1) is 5.54 Å². The number of aromatic nitrogens is 2. The standard InChI is InChI=1S/C19H21ClN4O/c20-17-21-12-9-16(22-17)24-18(25)23(13-15-7-3-1-4-8-15)14-19(24)10-5-2-6-11-19/h1,3-4,7-9,12H,2,5-6,10-11,13-14H2. The van der Waals surface area contributed by atoms with Crippen LogP contribution in [0.5, 0.6) is 0 Å². The number of anilines is 1. The quantitative estimate of drug-likeness (QED) is 0.771. The molecule has 2 aromatic rings. The van der Waals surface area contributed by atoms with Crippen molar-refractivity contribution in [2.24, 2.45) is 0 Å². The van der Waals surface area contributed by atoms with Gasteiger partial charge < -0.3 is 4.90 Å². The van der Waals surface area contributed by atoms with Crippen molar-refractivity contribution in [1.82, 2.24) is 14.9 Å². The van der Waals surface area contributed by atoms with Crippen molar-refractivity contribution in [2.45, 2.75) is 44.2 Å². The lowest BCUT2D eigenvalue weighted by Gasteiger charge is -2.39. The molecule has 1 aliphatic heterocycles. The monoisotopic (exact) mass is 356 g/mol. The molecule has 0 radical (unpaired) electrons. The molecule has 1 aliphatic carbocycles. The third kappa shape index (κ3) is 3.09. The number of nitrogens with zero attached hydrogens (tertiary/aromatic N) is 4. The van der Waals surface area contributed by atoms with Gasteiger partial charge in [-0.25, -0.2) is 14.8 Å². The highest BCUT2D eigenvalue weighted by atomic mass is 35.5. The Kier molecular flexibility index (Phi) is 4.34. The predicted octanol–water partition coefficient (Wildman–Crippen LogP) is 4.28. The van der Waals surface area contributed by atoms with Gasteiger partial charge in [-0.15, -0.1) is 0 Å². The zero-order valence-corrected chi connectivity index (χ0v) is 14.8. The van der Waals surface area contributed by atoms with E-state index in [1.807, 2.05) is 28.0 Å². The summed E-state index contributed by atoms with van der Waals surface area (Å²) < 4.78 is 0. The van der Waals surface area contributed by atoms with E-state index in [1.165, 1.54) is 6.42 Å². The van der Waals surface area contributed by atoms with Crippen LogP contribution in [0.1, 0.15) is 37.7 Å². The van der Waals surface area contributed by atoms with Crippen LogP contribution in [0.25, 0.3) is 0 Å². The largest absolute Gasteiger partial charge is 0.326 e. The number of halogens is 1. The lowest BCUT2D eigenvalue weighted by Crippen LogP contribution is -2.49. The number of amides is 2. The van der Waals surface area contributed by atoms with Gasteiger partial charge in [-0.1, -0.05) is 49.6 Å². The molecule has 1 aromatic carbocycles. The molecular formula is C19H21ClN4O. The van der Waals surface area contributed by atoms with Crippen LogP contribution >= 0.6 is 11.6 Å². The van der Waals surface area contributed by atoms with Gasteiger partial charge in [0.15, 0.2) is 0 Å². The van der Waals surface area contributed by atoms with E-state index in [2.05, 4.69) is 22.1 Å². The van der Waals surface area contributed by atoms with Gasteiger partial charge >= 0.3 is 6.03 Å². The Balaban J connectivity index is 1.68. The number of rotatable bonds is 3. The molecule has 1 saturated carbocycles. The fourth-order valence-electron chi connectivity index (χ4n) is 4.15. The first kappa shape index (κ1) is 16.3. The van der Waals surface area contributed by atoms with Crippen LogP contribution in [0.4, 0.5) is 10.6 Å². The number of carbonyl (C=O) groups excluding carboxylic acids is 1. The molecule has 5 nitrogen and oxygen atoms in total. The lowest BCUT2D eigenvalue weighted by atomic mass is 9.81. The van der Waals surface area contributed by atoms with E-state index in [-0.39, 0.29) is 16.9 Å². The Morgan fingerprint density at radius 3 is 2.56 bits per heavy atom. The van der Waals surface area contributed by atoms with Crippen molar-refractivity contribution >= 4 is 23.4 Å². The Hall–Kier alpha value is -2.14. The summed E-state index contributed by atoms with van der Waals surface area (Å²) >= 11 is 5.99. The molecule has 2 aliphatic rings. The maximum Gasteiger partial charge on any atom is 0.326 e. The van der Waals surface area contributed by atoms with Gasteiger partial charge in [0.1, 0.15) is 5.82 Å². The van der Waals surface area contributed by atoms with E-state index in [4.69, 9.17) is 11.6 Å². The van der Waals surface area contributed by atoms with Crippen LogP contribution in [0.2, 0.25) is 5.28 Å². The maximum atomic E-state index is 13.2. The molecular weight excluding hydrogens is 336 g/mol. The SMILES string of the molecule is O=C1N(Cc2ccccc2)CC2(CCCCC2)N1c1ccnc(Cl)n1. The average Bonchev–Trinajstić information content (AvgIpc) is 2.87. The molecule has 2 fully saturated rings. The first-order chi connectivity index (χ1) is 12.2. The van der Waals surface area contributed by atoms with Crippen molar-refractivity contribution in [3.8, 4) is 0 Å². The van der Waals surface area contributed by atoms with Crippen LogP contribution in [0, 0.1) is 0 Å². The van der Waals surface area contributed by atoms with E-state index in [0.717, 1.165) is 37.8 Å². The smallest absolute Gasteiger partial charge is 0.318 e. The van der Waals surface area contributed by atoms with Crippen molar-refractivity contribution < 1.29 is 4.79 Å². The Morgan fingerprint density at radius 1 is 1.08 bits per heavy atom. The number of hydrogen-bond acceptors (Lipinski definition) is 3. The Labute approximate surface area is 152 Å². The zero-order valence-electron chi connectivity index (χ0n) is 14.1. The molecule has 2 heterocycles. The van der Waals surface area contributed by atoms with Crippen molar-refractivity contribution in [2.75, 3.05) is 11.4 Å². The molecule has 1 aromatic heterocycles. The normalized spacial score (nSPS) is 19.6. The van der Waals surface area contributed by atoms with Crippen LogP contribution in [-0.2, 0) is 6.54 Å². The average molecular weight is 357 g/mol. The highest BCUT2D eigenvalue weighted by molar-refractivity contribution is 6.28. The van der Waals surface area contributed by atoms with E-state index in [9.17, 15) is 4.79 Å². The summed E-state index contributed by atoms with van der Waals surface area (Å²) in [6.45, 7) is 1.36. The summed E-state index contributed by atoms with van der Waals surface area (Å²) in [5.74, 6) is 0.613. The summed E-state index contributed by atoms with van der Waals surface area (Å²) in [5.41, 5.74) is 0.964. The van der Waals surface area contributed by atoms with E-state index in [0.29, 0.717) is 12.4 Å². The maximum absolute atomic E-state index is 13.2. The first-order valence-electron chi connectivity index (χ1n) is 8.80. The van der Waals surface area contributed by atoms with Crippen LogP contribution in [-0.4, -0.2) is 33.0 Å². The number of carbonyl (C=O) groups is 1. The Bertz CT molecular complexity index is 761. The van der Waals surface area contributed by atoms with Crippen molar-refractivity contribution in [3.05, 3.63) is 53.4 Å². The number of benzene rings is 1. The second kappa shape index (κ2) is 6.64. The molecule has 0 unspecified atom stereocenters. The second-order valence-electron chi connectivity index (χ2n) is 6.93. The third-order valence-corrected chi connectivity index (χ3v) is 5.44. The summed E-state index contributed by atoms with van der Waals surface area (Å²) in [5, 5.41) is 0.178. The van der Waals surface area contributed by atoms with Gasteiger partial charge in [0.2, 0.25) is 5.28 Å². The van der Waals surface area contributed by atoms with E-state index in [1.54, 1.807) is 12.3 Å². The van der Waals surface area contributed by atoms with Gasteiger partial charge in [-0.05, 0) is 36.1 Å². The van der Waals surface area contributed by atoms with Gasteiger partial charge in [0, 0.05) is 19.3 Å². The van der Waals surface area contributed by atoms with Crippen molar-refractivity contribution in [3.63, 3.8) is 0 Å². The summed E-state index contributed by atoms with van der Waals surface area (Å²) in [7, 11) is 0. The molecule has 6 heteroatoms. The molecule has 0 bridgehead atoms. The topological polar surface area (TPSA) is 49.3 Å². The molecule has 0 N–H and O–H groups in total. The summed E-state index contributed by atoms with van der Waals surface area (Å²) in [6.07, 6.45) is 7.14. The molecule has 0 atom stereocenters. The molecule has 25 heavy (non-hydrogen) atoms. The van der Waals surface area contributed by atoms with Crippen LogP contribution in [0.15, 0.2) is 42.6 Å². The minimum absolute atomic E-state index is 0.0144.